The molecule has 0 saturated carbocycles. The van der Waals surface area contributed by atoms with Crippen LogP contribution >= 0.6 is 0 Å². The molecule has 0 N–H and O–H groups in total. The standard InChI is InChI=1S/C18H24FN3O3/c1-14(23)15-2-3-17(16(19)12-15)21-6-4-20(5-7-21)13-18(24)22-8-10-25-11-9-22/h2-3,12H,4-11,13H2,1H3. The molecule has 1 aromatic carbocycles. The molecule has 0 aromatic heterocycles. The number of amides is 1. The van der Waals surface area contributed by atoms with E-state index in [1.54, 1.807) is 12.1 Å². The third-order valence-corrected chi connectivity index (χ3v) is 4.79. The van der Waals surface area contributed by atoms with Gasteiger partial charge in [-0.05, 0) is 25.1 Å². The van der Waals surface area contributed by atoms with Crippen molar-refractivity contribution < 1.29 is 18.7 Å². The van der Waals surface area contributed by atoms with Gasteiger partial charge >= 0.3 is 0 Å². The number of Topliss-reactive ketones (excluding diaryl/α,β-unsaturated/α-hetero) is 1. The lowest BCUT2D eigenvalue weighted by Crippen LogP contribution is -2.51. The fourth-order valence-electron chi connectivity index (χ4n) is 3.23. The highest BCUT2D eigenvalue weighted by Gasteiger charge is 2.24. The van der Waals surface area contributed by atoms with Crippen molar-refractivity contribution >= 4 is 17.4 Å². The molecule has 3 rings (SSSR count). The number of hydrogen-bond donors (Lipinski definition) is 0. The first-order valence-corrected chi connectivity index (χ1v) is 8.68. The van der Waals surface area contributed by atoms with E-state index in [-0.39, 0.29) is 17.5 Å². The number of ether oxygens (including phenoxy) is 1. The monoisotopic (exact) mass is 349 g/mol. The summed E-state index contributed by atoms with van der Waals surface area (Å²) in [7, 11) is 0. The SMILES string of the molecule is CC(=O)c1ccc(N2CCN(CC(=O)N3CCOCC3)CC2)c(F)c1. The first-order valence-electron chi connectivity index (χ1n) is 8.68. The lowest BCUT2D eigenvalue weighted by atomic mass is 10.1. The average Bonchev–Trinajstić information content (AvgIpc) is 2.63. The summed E-state index contributed by atoms with van der Waals surface area (Å²) >= 11 is 0. The van der Waals surface area contributed by atoms with Gasteiger partial charge in [-0.2, -0.15) is 0 Å². The topological polar surface area (TPSA) is 53.1 Å². The molecule has 0 aliphatic carbocycles. The minimum absolute atomic E-state index is 0.133. The van der Waals surface area contributed by atoms with Gasteiger partial charge in [0.05, 0.1) is 25.4 Å². The lowest BCUT2D eigenvalue weighted by Gasteiger charge is -2.37. The predicted molar refractivity (Wildman–Crippen MR) is 92.5 cm³/mol. The van der Waals surface area contributed by atoms with Crippen LogP contribution in [0.15, 0.2) is 18.2 Å². The minimum Gasteiger partial charge on any atom is -0.378 e. The van der Waals surface area contributed by atoms with E-state index in [2.05, 4.69) is 4.90 Å². The molecule has 6 nitrogen and oxygen atoms in total. The highest BCUT2D eigenvalue weighted by atomic mass is 19.1. The number of ketones is 1. The number of carbonyl (C=O) groups excluding carboxylic acids is 2. The van der Waals surface area contributed by atoms with Crippen molar-refractivity contribution in [2.24, 2.45) is 0 Å². The second-order valence-electron chi connectivity index (χ2n) is 6.48. The Morgan fingerprint density at radius 1 is 1.08 bits per heavy atom. The van der Waals surface area contributed by atoms with Gasteiger partial charge < -0.3 is 14.5 Å². The Morgan fingerprint density at radius 2 is 1.76 bits per heavy atom. The Balaban J connectivity index is 1.53. The molecule has 25 heavy (non-hydrogen) atoms. The van der Waals surface area contributed by atoms with Gasteiger partial charge in [0.25, 0.3) is 0 Å². The van der Waals surface area contributed by atoms with Gasteiger partial charge in [-0.1, -0.05) is 0 Å². The Hall–Kier alpha value is -1.99. The van der Waals surface area contributed by atoms with Crippen LogP contribution in [0.3, 0.4) is 0 Å². The molecule has 136 valence electrons. The van der Waals surface area contributed by atoms with Crippen LogP contribution < -0.4 is 4.90 Å². The maximum Gasteiger partial charge on any atom is 0.236 e. The molecule has 2 heterocycles. The fourth-order valence-corrected chi connectivity index (χ4v) is 3.23. The Morgan fingerprint density at radius 3 is 2.36 bits per heavy atom. The molecule has 2 aliphatic heterocycles. The summed E-state index contributed by atoms with van der Waals surface area (Å²) < 4.78 is 19.5. The number of piperazine rings is 1. The first kappa shape index (κ1) is 17.8. The van der Waals surface area contributed by atoms with E-state index in [0.29, 0.717) is 70.3 Å². The molecule has 1 amide bonds. The van der Waals surface area contributed by atoms with Crippen LogP contribution in [0, 0.1) is 5.82 Å². The highest BCUT2D eigenvalue weighted by molar-refractivity contribution is 5.94. The lowest BCUT2D eigenvalue weighted by molar-refractivity contribution is -0.136. The predicted octanol–water partition coefficient (Wildman–Crippen LogP) is 1.01. The smallest absolute Gasteiger partial charge is 0.236 e. The summed E-state index contributed by atoms with van der Waals surface area (Å²) in [5, 5.41) is 0. The second-order valence-corrected chi connectivity index (χ2v) is 6.48. The number of hydrogen-bond acceptors (Lipinski definition) is 5. The number of halogens is 1. The number of carbonyl (C=O) groups is 2. The van der Waals surface area contributed by atoms with Crippen LogP contribution in [-0.2, 0) is 9.53 Å². The van der Waals surface area contributed by atoms with E-state index in [4.69, 9.17) is 4.74 Å². The molecule has 2 aliphatic rings. The maximum absolute atomic E-state index is 14.3. The van der Waals surface area contributed by atoms with Gasteiger partial charge in [0.15, 0.2) is 5.78 Å². The summed E-state index contributed by atoms with van der Waals surface area (Å²) in [5.74, 6) is -0.379. The Bertz CT molecular complexity index is 638. The second kappa shape index (κ2) is 7.93. The molecule has 7 heteroatoms. The summed E-state index contributed by atoms with van der Waals surface area (Å²) in [6.45, 7) is 7.11. The highest BCUT2D eigenvalue weighted by Crippen LogP contribution is 2.22. The van der Waals surface area contributed by atoms with Crippen molar-refractivity contribution in [3.05, 3.63) is 29.6 Å². The molecule has 0 radical (unpaired) electrons. The van der Waals surface area contributed by atoms with Crippen molar-refractivity contribution in [1.82, 2.24) is 9.80 Å². The van der Waals surface area contributed by atoms with Crippen LogP contribution in [0.25, 0.3) is 0 Å². The molecule has 2 fully saturated rings. The Kier molecular flexibility index (Phi) is 5.65. The zero-order valence-corrected chi connectivity index (χ0v) is 14.5. The van der Waals surface area contributed by atoms with Gasteiger partial charge in [-0.15, -0.1) is 0 Å². The van der Waals surface area contributed by atoms with Gasteiger partial charge in [-0.3, -0.25) is 14.5 Å². The van der Waals surface area contributed by atoms with E-state index in [9.17, 15) is 14.0 Å². The van der Waals surface area contributed by atoms with Crippen molar-refractivity contribution in [3.8, 4) is 0 Å². The average molecular weight is 349 g/mol. The summed E-state index contributed by atoms with van der Waals surface area (Å²) in [5.41, 5.74) is 0.903. The quantitative estimate of drug-likeness (QED) is 0.760. The summed E-state index contributed by atoms with van der Waals surface area (Å²) in [6.07, 6.45) is 0. The Labute approximate surface area is 147 Å². The van der Waals surface area contributed by atoms with Crippen LogP contribution in [0.4, 0.5) is 10.1 Å². The number of nitrogens with zero attached hydrogens (tertiary/aromatic N) is 3. The number of benzene rings is 1. The number of anilines is 1. The van der Waals surface area contributed by atoms with Crippen molar-refractivity contribution in [1.29, 1.82) is 0 Å². The first-order chi connectivity index (χ1) is 12.0. The zero-order chi connectivity index (χ0) is 17.8. The molecule has 1 aromatic rings. The third kappa shape index (κ3) is 4.35. The van der Waals surface area contributed by atoms with Crippen LogP contribution in [0.5, 0.6) is 0 Å². The zero-order valence-electron chi connectivity index (χ0n) is 14.5. The molecule has 0 atom stereocenters. The molecule has 0 unspecified atom stereocenters. The molecule has 2 saturated heterocycles. The van der Waals surface area contributed by atoms with E-state index in [1.807, 2.05) is 9.80 Å². The van der Waals surface area contributed by atoms with Gasteiger partial charge in [-0.25, -0.2) is 4.39 Å². The number of morpholine rings is 1. The van der Waals surface area contributed by atoms with Crippen molar-refractivity contribution in [2.75, 3.05) is 63.9 Å². The van der Waals surface area contributed by atoms with Crippen LogP contribution in [0.2, 0.25) is 0 Å². The van der Waals surface area contributed by atoms with E-state index < -0.39 is 0 Å². The van der Waals surface area contributed by atoms with Gasteiger partial charge in [0, 0.05) is 44.8 Å². The number of rotatable bonds is 4. The fraction of sp³-hybridized carbons (Fsp3) is 0.556. The maximum atomic E-state index is 14.3. The third-order valence-electron chi connectivity index (χ3n) is 4.79. The van der Waals surface area contributed by atoms with Gasteiger partial charge in [0.1, 0.15) is 5.82 Å². The van der Waals surface area contributed by atoms with E-state index in [0.717, 1.165) is 0 Å². The van der Waals surface area contributed by atoms with Gasteiger partial charge in [0.2, 0.25) is 5.91 Å². The molecule has 0 bridgehead atoms. The largest absolute Gasteiger partial charge is 0.378 e. The van der Waals surface area contributed by atoms with Crippen molar-refractivity contribution in [2.45, 2.75) is 6.92 Å². The molecular weight excluding hydrogens is 325 g/mol. The van der Waals surface area contributed by atoms with E-state index in [1.165, 1.54) is 13.0 Å². The molecule has 0 spiro atoms. The summed E-state index contributed by atoms with van der Waals surface area (Å²) in [6, 6.07) is 4.63. The minimum atomic E-state index is -0.370. The normalized spacial score (nSPS) is 19.1. The van der Waals surface area contributed by atoms with Crippen molar-refractivity contribution in [3.63, 3.8) is 0 Å². The summed E-state index contributed by atoms with van der Waals surface area (Å²) in [4.78, 5) is 29.5. The van der Waals surface area contributed by atoms with Crippen LogP contribution in [0.1, 0.15) is 17.3 Å². The van der Waals surface area contributed by atoms with Crippen LogP contribution in [-0.4, -0.2) is 80.5 Å². The molecular formula is C18H24FN3O3. The van der Waals surface area contributed by atoms with E-state index >= 15 is 0 Å².